The predicted octanol–water partition coefficient (Wildman–Crippen LogP) is 2.58. The zero-order valence-corrected chi connectivity index (χ0v) is 8.48. The molecule has 0 unspecified atom stereocenters. The van der Waals surface area contributed by atoms with E-state index in [4.69, 9.17) is 5.11 Å². The number of rotatable bonds is 2. The molecule has 1 aromatic rings. The summed E-state index contributed by atoms with van der Waals surface area (Å²) in [5.41, 5.74) is 0.701. The van der Waals surface area contributed by atoms with Crippen molar-refractivity contribution in [1.29, 1.82) is 0 Å². The number of aryl methyl sites for hydroxylation is 1. The Labute approximate surface area is 82.7 Å². The second kappa shape index (κ2) is 4.11. The highest BCUT2D eigenvalue weighted by Crippen LogP contribution is 2.29. The molecule has 72 valence electrons. The average molecular weight is 252 g/mol. The summed E-state index contributed by atoms with van der Waals surface area (Å²) in [5.74, 6) is 0. The molecule has 1 aromatic heterocycles. The number of aliphatic hydroxyl groups excluding tert-OH is 1. The Morgan fingerprint density at radius 2 is 2.23 bits per heavy atom. The second-order valence-corrected chi connectivity index (χ2v) is 3.34. The van der Waals surface area contributed by atoms with E-state index in [1.54, 1.807) is 6.92 Å². The van der Waals surface area contributed by atoms with Gasteiger partial charge in [-0.2, -0.15) is 0 Å². The van der Waals surface area contributed by atoms with E-state index < -0.39 is 6.43 Å². The molecule has 13 heavy (non-hydrogen) atoms. The lowest BCUT2D eigenvalue weighted by Crippen LogP contribution is -1.98. The molecule has 5 heteroatoms. The summed E-state index contributed by atoms with van der Waals surface area (Å²) in [5, 5.41) is 8.75. The Morgan fingerprint density at radius 3 is 2.62 bits per heavy atom. The zero-order valence-electron chi connectivity index (χ0n) is 6.89. The summed E-state index contributed by atoms with van der Waals surface area (Å²) in [6, 6.07) is 1.45. The highest BCUT2D eigenvalue weighted by molar-refractivity contribution is 9.10. The first-order chi connectivity index (χ1) is 6.06. The number of pyridine rings is 1. The summed E-state index contributed by atoms with van der Waals surface area (Å²) in [6.07, 6.45) is -2.55. The molecule has 0 aliphatic heterocycles. The van der Waals surface area contributed by atoms with E-state index >= 15 is 0 Å². The third-order valence-electron chi connectivity index (χ3n) is 1.65. The summed E-state index contributed by atoms with van der Waals surface area (Å²) >= 11 is 2.94. The zero-order chi connectivity index (χ0) is 10.0. The van der Waals surface area contributed by atoms with Crippen LogP contribution in [0.4, 0.5) is 8.78 Å². The maximum Gasteiger partial charge on any atom is 0.266 e. The van der Waals surface area contributed by atoms with Gasteiger partial charge in [0.25, 0.3) is 6.43 Å². The van der Waals surface area contributed by atoms with Crippen LogP contribution in [0.25, 0.3) is 0 Å². The van der Waals surface area contributed by atoms with Gasteiger partial charge >= 0.3 is 0 Å². The molecule has 1 N–H and O–H groups in total. The van der Waals surface area contributed by atoms with Crippen molar-refractivity contribution in [3.8, 4) is 0 Å². The molecule has 1 heterocycles. The quantitative estimate of drug-likeness (QED) is 0.820. The predicted molar refractivity (Wildman–Crippen MR) is 47.6 cm³/mol. The molecule has 0 fully saturated rings. The van der Waals surface area contributed by atoms with Gasteiger partial charge in [0, 0.05) is 0 Å². The van der Waals surface area contributed by atoms with E-state index in [0.717, 1.165) is 0 Å². The van der Waals surface area contributed by atoms with Crippen molar-refractivity contribution in [2.24, 2.45) is 0 Å². The topological polar surface area (TPSA) is 33.1 Å². The Kier molecular flexibility index (Phi) is 3.33. The molecular formula is C8H8BrF2NO. The SMILES string of the molecule is Cc1cc(CO)nc(Br)c1C(F)F. The van der Waals surface area contributed by atoms with Crippen molar-refractivity contribution in [3.63, 3.8) is 0 Å². The second-order valence-electron chi connectivity index (χ2n) is 2.59. The molecule has 0 aliphatic carbocycles. The molecule has 0 aromatic carbocycles. The van der Waals surface area contributed by atoms with Gasteiger partial charge in [0.15, 0.2) is 0 Å². The van der Waals surface area contributed by atoms with Crippen LogP contribution in [-0.2, 0) is 6.61 Å². The monoisotopic (exact) mass is 251 g/mol. The normalized spacial score (nSPS) is 10.9. The summed E-state index contributed by atoms with van der Waals surface area (Å²) in [4.78, 5) is 3.76. The van der Waals surface area contributed by atoms with Gasteiger partial charge in [-0.05, 0) is 34.5 Å². The highest BCUT2D eigenvalue weighted by atomic mass is 79.9. The summed E-state index contributed by atoms with van der Waals surface area (Å²) < 4.78 is 24.9. The van der Waals surface area contributed by atoms with Gasteiger partial charge in [-0.1, -0.05) is 0 Å². The molecule has 0 saturated carbocycles. The molecule has 1 rings (SSSR count). The minimum Gasteiger partial charge on any atom is -0.390 e. The fourth-order valence-electron chi connectivity index (χ4n) is 1.05. The smallest absolute Gasteiger partial charge is 0.266 e. The number of hydrogen-bond acceptors (Lipinski definition) is 2. The van der Waals surface area contributed by atoms with Crippen LogP contribution in [0.1, 0.15) is 23.2 Å². The third kappa shape index (κ3) is 2.22. The fourth-order valence-corrected chi connectivity index (χ4v) is 1.77. The first-order valence-electron chi connectivity index (χ1n) is 3.61. The fraction of sp³-hybridized carbons (Fsp3) is 0.375. The Hall–Kier alpha value is -0.550. The minimum atomic E-state index is -2.55. The van der Waals surface area contributed by atoms with E-state index in [2.05, 4.69) is 20.9 Å². The van der Waals surface area contributed by atoms with Crippen molar-refractivity contribution in [3.05, 3.63) is 27.5 Å². The van der Waals surface area contributed by atoms with Gasteiger partial charge in [-0.25, -0.2) is 13.8 Å². The molecular weight excluding hydrogens is 244 g/mol. The van der Waals surface area contributed by atoms with E-state index in [1.165, 1.54) is 6.07 Å². The van der Waals surface area contributed by atoms with E-state index in [9.17, 15) is 8.78 Å². The minimum absolute atomic E-state index is 0.103. The first kappa shape index (κ1) is 10.5. The molecule has 0 atom stereocenters. The van der Waals surface area contributed by atoms with Crippen molar-refractivity contribution >= 4 is 15.9 Å². The van der Waals surface area contributed by atoms with E-state index in [1.807, 2.05) is 0 Å². The number of alkyl halides is 2. The Morgan fingerprint density at radius 1 is 1.62 bits per heavy atom. The van der Waals surface area contributed by atoms with Crippen LogP contribution < -0.4 is 0 Å². The summed E-state index contributed by atoms with van der Waals surface area (Å²) in [7, 11) is 0. The maximum absolute atomic E-state index is 12.4. The van der Waals surface area contributed by atoms with E-state index in [0.29, 0.717) is 11.3 Å². The standard InChI is InChI=1S/C8H8BrF2NO/c1-4-2-5(3-13)12-7(9)6(4)8(10)11/h2,8,13H,3H2,1H3. The lowest BCUT2D eigenvalue weighted by atomic mass is 10.1. The van der Waals surface area contributed by atoms with Gasteiger partial charge in [0.05, 0.1) is 17.9 Å². The average Bonchev–Trinajstić information content (AvgIpc) is 2.02. The number of nitrogens with zero attached hydrogens (tertiary/aromatic N) is 1. The lowest BCUT2D eigenvalue weighted by Gasteiger charge is -2.08. The Bertz CT molecular complexity index is 294. The van der Waals surface area contributed by atoms with Crippen molar-refractivity contribution in [1.82, 2.24) is 4.98 Å². The molecule has 0 spiro atoms. The molecule has 0 saturated heterocycles. The van der Waals surface area contributed by atoms with Crippen LogP contribution in [0.5, 0.6) is 0 Å². The van der Waals surface area contributed by atoms with Crippen LogP contribution in [0, 0.1) is 6.92 Å². The third-order valence-corrected chi connectivity index (χ3v) is 2.26. The summed E-state index contributed by atoms with van der Waals surface area (Å²) in [6.45, 7) is 1.32. The number of halogens is 3. The van der Waals surface area contributed by atoms with Crippen molar-refractivity contribution < 1.29 is 13.9 Å². The molecule has 0 aliphatic rings. The number of aromatic nitrogens is 1. The number of hydrogen-bond donors (Lipinski definition) is 1. The number of aliphatic hydroxyl groups is 1. The van der Waals surface area contributed by atoms with Gasteiger partial charge in [0.1, 0.15) is 4.60 Å². The van der Waals surface area contributed by atoms with E-state index in [-0.39, 0.29) is 16.8 Å². The van der Waals surface area contributed by atoms with Gasteiger partial charge in [0.2, 0.25) is 0 Å². The molecule has 0 bridgehead atoms. The van der Waals surface area contributed by atoms with Crippen molar-refractivity contribution in [2.45, 2.75) is 20.0 Å². The first-order valence-corrected chi connectivity index (χ1v) is 4.40. The largest absolute Gasteiger partial charge is 0.390 e. The molecule has 0 amide bonds. The van der Waals surface area contributed by atoms with Crippen LogP contribution in [-0.4, -0.2) is 10.1 Å². The molecule has 0 radical (unpaired) electrons. The van der Waals surface area contributed by atoms with Gasteiger partial charge in [-0.15, -0.1) is 0 Å². The maximum atomic E-state index is 12.4. The van der Waals surface area contributed by atoms with Crippen LogP contribution >= 0.6 is 15.9 Å². The Balaban J connectivity index is 3.23. The molecule has 2 nitrogen and oxygen atoms in total. The van der Waals surface area contributed by atoms with Crippen LogP contribution in [0.3, 0.4) is 0 Å². The van der Waals surface area contributed by atoms with Crippen molar-refractivity contribution in [2.75, 3.05) is 0 Å². The van der Waals surface area contributed by atoms with Gasteiger partial charge in [-0.3, -0.25) is 0 Å². The van der Waals surface area contributed by atoms with Crippen LogP contribution in [0.2, 0.25) is 0 Å². The van der Waals surface area contributed by atoms with Crippen LogP contribution in [0.15, 0.2) is 10.7 Å². The van der Waals surface area contributed by atoms with Gasteiger partial charge < -0.3 is 5.11 Å². The lowest BCUT2D eigenvalue weighted by molar-refractivity contribution is 0.149. The highest BCUT2D eigenvalue weighted by Gasteiger charge is 2.16.